The molecule has 0 aromatic carbocycles. The van der Waals surface area contributed by atoms with Gasteiger partial charge in [-0.05, 0) is 20.7 Å². The fourth-order valence-corrected chi connectivity index (χ4v) is 12.9. The summed E-state index contributed by atoms with van der Waals surface area (Å²) in [6.07, 6.45) is 0. The summed E-state index contributed by atoms with van der Waals surface area (Å²) in [4.78, 5) is 0. The van der Waals surface area contributed by atoms with E-state index in [2.05, 4.69) is 64.1 Å². The van der Waals surface area contributed by atoms with Crippen molar-refractivity contribution < 1.29 is 0 Å². The summed E-state index contributed by atoms with van der Waals surface area (Å²) in [6, 6.07) is 0. The van der Waals surface area contributed by atoms with Crippen LogP contribution in [0.25, 0.3) is 0 Å². The minimum atomic E-state index is -1.38. The second-order valence-electron chi connectivity index (χ2n) is 4.80. The van der Waals surface area contributed by atoms with Gasteiger partial charge in [-0.1, -0.05) is 64.1 Å². The van der Waals surface area contributed by atoms with Crippen molar-refractivity contribution >= 4 is 24.0 Å². The highest BCUT2D eigenvalue weighted by Crippen LogP contribution is 2.47. The van der Waals surface area contributed by atoms with Crippen molar-refractivity contribution in [2.24, 2.45) is 0 Å². The lowest BCUT2D eigenvalue weighted by molar-refractivity contribution is 0.832. The summed E-state index contributed by atoms with van der Waals surface area (Å²) in [6.45, 7) is 18.2. The predicted octanol–water partition coefficient (Wildman–Crippen LogP) is 5.11. The molecule has 0 saturated carbocycles. The molecular formula is C11H23BrSi. The number of halogens is 1. The minimum Gasteiger partial charge on any atom is -0.0930 e. The second-order valence-corrected chi connectivity index (χ2v) is 12.4. The van der Waals surface area contributed by atoms with E-state index in [0.29, 0.717) is 0 Å². The van der Waals surface area contributed by atoms with Crippen molar-refractivity contribution in [3.63, 3.8) is 0 Å². The monoisotopic (exact) mass is 262 g/mol. The van der Waals surface area contributed by atoms with Crippen molar-refractivity contribution in [1.29, 1.82) is 0 Å². The Labute approximate surface area is 92.9 Å². The standard InChI is InChI=1S/C11H23BrSi/c1-8(2)13(9(3)4,10(5)6)11(7)12/h8-10H,7H2,1-6H3. The molecular weight excluding hydrogens is 240 g/mol. The fraction of sp³-hybridized carbons (Fsp3) is 0.818. The molecule has 0 aromatic rings. The summed E-state index contributed by atoms with van der Waals surface area (Å²) < 4.78 is 1.29. The maximum absolute atomic E-state index is 4.17. The van der Waals surface area contributed by atoms with Crippen molar-refractivity contribution in [1.82, 2.24) is 0 Å². The van der Waals surface area contributed by atoms with Gasteiger partial charge < -0.3 is 0 Å². The fourth-order valence-electron chi connectivity index (χ4n) is 2.94. The maximum Gasteiger partial charge on any atom is 0.102 e. The predicted molar refractivity (Wildman–Crippen MR) is 69.1 cm³/mol. The molecule has 0 rings (SSSR count). The maximum atomic E-state index is 4.17. The molecule has 0 aliphatic heterocycles. The van der Waals surface area contributed by atoms with Crippen LogP contribution >= 0.6 is 15.9 Å². The third kappa shape index (κ3) is 2.27. The molecule has 0 nitrogen and oxygen atoms in total. The Morgan fingerprint density at radius 2 is 1.15 bits per heavy atom. The van der Waals surface area contributed by atoms with Gasteiger partial charge in [0.25, 0.3) is 0 Å². The zero-order valence-corrected chi connectivity index (χ0v) is 12.4. The molecule has 0 atom stereocenters. The summed E-state index contributed by atoms with van der Waals surface area (Å²) >= 11 is 3.67. The molecule has 0 amide bonds. The van der Waals surface area contributed by atoms with Crippen LogP contribution in [-0.4, -0.2) is 8.07 Å². The van der Waals surface area contributed by atoms with Gasteiger partial charge in [0.15, 0.2) is 0 Å². The highest BCUT2D eigenvalue weighted by molar-refractivity contribution is 9.12. The lowest BCUT2D eigenvalue weighted by Gasteiger charge is -2.42. The van der Waals surface area contributed by atoms with E-state index in [0.717, 1.165) is 16.6 Å². The molecule has 2 heteroatoms. The average Bonchev–Trinajstić information content (AvgIpc) is 1.82. The van der Waals surface area contributed by atoms with Crippen LogP contribution in [0.3, 0.4) is 0 Å². The number of hydrogen-bond donors (Lipinski definition) is 0. The van der Waals surface area contributed by atoms with Crippen molar-refractivity contribution in [2.45, 2.75) is 58.2 Å². The average molecular weight is 263 g/mol. The van der Waals surface area contributed by atoms with E-state index < -0.39 is 8.07 Å². The summed E-state index contributed by atoms with van der Waals surface area (Å²) in [7, 11) is -1.38. The van der Waals surface area contributed by atoms with Crippen LogP contribution in [-0.2, 0) is 0 Å². The van der Waals surface area contributed by atoms with Crippen LogP contribution in [0.1, 0.15) is 41.5 Å². The zero-order chi connectivity index (χ0) is 10.8. The molecule has 0 bridgehead atoms. The van der Waals surface area contributed by atoms with Gasteiger partial charge in [0.05, 0.1) is 0 Å². The van der Waals surface area contributed by atoms with Crippen molar-refractivity contribution in [3.8, 4) is 0 Å². The van der Waals surface area contributed by atoms with Crippen LogP contribution in [0.4, 0.5) is 0 Å². The van der Waals surface area contributed by atoms with Gasteiger partial charge in [0, 0.05) is 0 Å². The Morgan fingerprint density at radius 1 is 0.923 bits per heavy atom. The van der Waals surface area contributed by atoms with E-state index in [1.807, 2.05) is 0 Å². The van der Waals surface area contributed by atoms with Gasteiger partial charge in [-0.15, -0.1) is 0 Å². The van der Waals surface area contributed by atoms with E-state index in [4.69, 9.17) is 0 Å². The highest BCUT2D eigenvalue weighted by atomic mass is 79.9. The van der Waals surface area contributed by atoms with E-state index in [9.17, 15) is 0 Å². The molecule has 13 heavy (non-hydrogen) atoms. The van der Waals surface area contributed by atoms with Gasteiger partial charge in [0.1, 0.15) is 8.07 Å². The molecule has 0 aromatic heterocycles. The normalized spacial score (nSPS) is 13.1. The third-order valence-electron chi connectivity index (χ3n) is 3.34. The Hall–Kier alpha value is 0.437. The van der Waals surface area contributed by atoms with Gasteiger partial charge >= 0.3 is 0 Å². The largest absolute Gasteiger partial charge is 0.102 e. The van der Waals surface area contributed by atoms with Gasteiger partial charge in [-0.3, -0.25) is 0 Å². The molecule has 0 fully saturated rings. The summed E-state index contributed by atoms with van der Waals surface area (Å²) in [5.74, 6) is 0. The number of hydrogen-bond acceptors (Lipinski definition) is 0. The zero-order valence-electron chi connectivity index (χ0n) is 9.82. The van der Waals surface area contributed by atoms with Crippen molar-refractivity contribution in [3.05, 3.63) is 10.7 Å². The van der Waals surface area contributed by atoms with Gasteiger partial charge in [0.2, 0.25) is 0 Å². The van der Waals surface area contributed by atoms with E-state index in [-0.39, 0.29) is 0 Å². The van der Waals surface area contributed by atoms with Crippen molar-refractivity contribution in [2.75, 3.05) is 0 Å². The van der Waals surface area contributed by atoms with E-state index >= 15 is 0 Å². The summed E-state index contributed by atoms with van der Waals surface area (Å²) in [5.41, 5.74) is 2.29. The lowest BCUT2D eigenvalue weighted by Crippen LogP contribution is -2.44. The Morgan fingerprint density at radius 3 is 1.15 bits per heavy atom. The van der Waals surface area contributed by atoms with E-state index in [1.54, 1.807) is 0 Å². The lowest BCUT2D eigenvalue weighted by atomic mass is 10.5. The molecule has 0 heterocycles. The molecule has 0 aliphatic carbocycles. The molecule has 0 aliphatic rings. The first-order chi connectivity index (χ1) is 5.77. The first-order valence-corrected chi connectivity index (χ1v) is 8.15. The SMILES string of the molecule is C=C(Br)[Si](C(C)C)(C(C)C)C(C)C. The molecule has 0 saturated heterocycles. The van der Waals surface area contributed by atoms with Crippen LogP contribution in [0.15, 0.2) is 10.7 Å². The van der Waals surface area contributed by atoms with Gasteiger partial charge in [-0.2, -0.15) is 0 Å². The Bertz CT molecular complexity index is 161. The quantitative estimate of drug-likeness (QED) is 0.618. The third-order valence-corrected chi connectivity index (χ3v) is 12.1. The Balaban J connectivity index is 5.19. The second kappa shape index (κ2) is 4.79. The van der Waals surface area contributed by atoms with Gasteiger partial charge in [-0.25, -0.2) is 0 Å². The van der Waals surface area contributed by atoms with Crippen LogP contribution in [0, 0.1) is 0 Å². The van der Waals surface area contributed by atoms with Crippen LogP contribution in [0.5, 0.6) is 0 Å². The molecule has 0 unspecified atom stereocenters. The smallest absolute Gasteiger partial charge is 0.0930 e. The molecule has 0 spiro atoms. The number of rotatable bonds is 4. The highest BCUT2D eigenvalue weighted by Gasteiger charge is 2.44. The summed E-state index contributed by atoms with van der Waals surface area (Å²) in [5, 5.41) is 0. The van der Waals surface area contributed by atoms with Crippen LogP contribution in [0.2, 0.25) is 16.6 Å². The van der Waals surface area contributed by atoms with Crippen LogP contribution < -0.4 is 0 Å². The first kappa shape index (κ1) is 13.4. The Kier molecular flexibility index (Phi) is 4.95. The topological polar surface area (TPSA) is 0 Å². The first-order valence-electron chi connectivity index (χ1n) is 5.12. The van der Waals surface area contributed by atoms with E-state index in [1.165, 1.54) is 4.11 Å². The minimum absolute atomic E-state index is 0.763. The molecule has 0 radical (unpaired) electrons. The molecule has 78 valence electrons. The molecule has 0 N–H and O–H groups in total.